The Bertz CT molecular complexity index is 887. The predicted octanol–water partition coefficient (Wildman–Crippen LogP) is 2.42. The van der Waals surface area contributed by atoms with Crippen molar-refractivity contribution >= 4 is 11.8 Å². The number of hydrogen-bond acceptors (Lipinski definition) is 5. The van der Waals surface area contributed by atoms with E-state index in [0.29, 0.717) is 35.9 Å². The summed E-state index contributed by atoms with van der Waals surface area (Å²) in [5.74, 6) is 0.665. The van der Waals surface area contributed by atoms with E-state index in [0.717, 1.165) is 12.0 Å². The smallest absolute Gasteiger partial charge is 0.252 e. The minimum Gasteiger partial charge on any atom is -0.493 e. The molecule has 0 spiro atoms. The van der Waals surface area contributed by atoms with Gasteiger partial charge in [-0.3, -0.25) is 9.59 Å². The predicted molar refractivity (Wildman–Crippen MR) is 109 cm³/mol. The quantitative estimate of drug-likeness (QED) is 0.809. The van der Waals surface area contributed by atoms with Crippen molar-refractivity contribution in [2.24, 2.45) is 0 Å². The second-order valence-electron chi connectivity index (χ2n) is 6.89. The number of rotatable bonds is 6. The van der Waals surface area contributed by atoms with Crippen LogP contribution in [0.5, 0.6) is 17.2 Å². The summed E-state index contributed by atoms with van der Waals surface area (Å²) in [5.41, 5.74) is 2.74. The maximum Gasteiger partial charge on any atom is 0.252 e. The summed E-state index contributed by atoms with van der Waals surface area (Å²) in [6.07, 6.45) is 0.815. The van der Waals surface area contributed by atoms with Crippen molar-refractivity contribution in [1.29, 1.82) is 0 Å². The molecule has 0 radical (unpaired) electrons. The molecule has 1 aliphatic rings. The lowest BCUT2D eigenvalue weighted by Crippen LogP contribution is -2.48. The van der Waals surface area contributed by atoms with Gasteiger partial charge in [-0.25, -0.2) is 0 Å². The number of carbonyl (C=O) groups excluding carboxylic acids is 2. The zero-order valence-electron chi connectivity index (χ0n) is 17.2. The van der Waals surface area contributed by atoms with Gasteiger partial charge >= 0.3 is 0 Å². The molecule has 7 nitrogen and oxygen atoms in total. The normalized spacial score (nSPS) is 13.9. The highest BCUT2D eigenvalue weighted by molar-refractivity contribution is 5.98. The van der Waals surface area contributed by atoms with Crippen LogP contribution in [0.25, 0.3) is 0 Å². The molecular weight excluding hydrogens is 372 g/mol. The highest BCUT2D eigenvalue weighted by Crippen LogP contribution is 2.38. The minimum absolute atomic E-state index is 0.111. The van der Waals surface area contributed by atoms with Gasteiger partial charge in [-0.1, -0.05) is 24.3 Å². The van der Waals surface area contributed by atoms with Crippen molar-refractivity contribution in [3.05, 3.63) is 53.1 Å². The Balaban J connectivity index is 1.71. The first-order valence-electron chi connectivity index (χ1n) is 9.45. The summed E-state index contributed by atoms with van der Waals surface area (Å²) in [5, 5.41) is 2.78. The van der Waals surface area contributed by atoms with Crippen molar-refractivity contribution < 1.29 is 23.8 Å². The van der Waals surface area contributed by atoms with E-state index < -0.39 is 6.04 Å². The van der Waals surface area contributed by atoms with E-state index in [9.17, 15) is 9.59 Å². The van der Waals surface area contributed by atoms with E-state index in [2.05, 4.69) is 11.4 Å². The lowest BCUT2D eigenvalue weighted by Gasteiger charge is -2.31. The number of carbonyl (C=O) groups is 2. The first kappa shape index (κ1) is 20.5. The molecule has 0 aliphatic carbocycles. The average molecular weight is 398 g/mol. The number of amides is 2. The van der Waals surface area contributed by atoms with E-state index >= 15 is 0 Å². The van der Waals surface area contributed by atoms with Crippen LogP contribution in [0.4, 0.5) is 0 Å². The maximum atomic E-state index is 12.9. The molecule has 3 rings (SSSR count). The molecule has 0 fully saturated rings. The Morgan fingerprint density at radius 3 is 2.21 bits per heavy atom. The maximum absolute atomic E-state index is 12.9. The van der Waals surface area contributed by atoms with Crippen molar-refractivity contribution in [2.75, 3.05) is 27.9 Å². The van der Waals surface area contributed by atoms with Crippen LogP contribution in [0.15, 0.2) is 36.4 Å². The fourth-order valence-electron chi connectivity index (χ4n) is 3.51. The molecule has 1 heterocycles. The third-order valence-corrected chi connectivity index (χ3v) is 5.09. The molecule has 0 unspecified atom stereocenters. The first-order chi connectivity index (χ1) is 14.0. The Kier molecular flexibility index (Phi) is 6.26. The van der Waals surface area contributed by atoms with Gasteiger partial charge in [0.1, 0.15) is 6.04 Å². The Morgan fingerprint density at radius 2 is 1.62 bits per heavy atom. The largest absolute Gasteiger partial charge is 0.493 e. The fraction of sp³-hybridized carbons (Fsp3) is 0.364. The van der Waals surface area contributed by atoms with Crippen LogP contribution in [0.1, 0.15) is 28.4 Å². The van der Waals surface area contributed by atoms with Crippen molar-refractivity contribution in [2.45, 2.75) is 25.9 Å². The fourth-order valence-corrected chi connectivity index (χ4v) is 3.51. The van der Waals surface area contributed by atoms with E-state index in [-0.39, 0.29) is 11.8 Å². The van der Waals surface area contributed by atoms with Crippen LogP contribution in [0.2, 0.25) is 0 Å². The minimum atomic E-state index is -0.660. The molecular formula is C22H26N2O5. The van der Waals surface area contributed by atoms with Gasteiger partial charge in [-0.05, 0) is 36.6 Å². The van der Waals surface area contributed by atoms with Crippen molar-refractivity contribution in [3.63, 3.8) is 0 Å². The molecule has 2 aromatic carbocycles. The van der Waals surface area contributed by atoms with E-state index in [4.69, 9.17) is 14.2 Å². The second-order valence-corrected chi connectivity index (χ2v) is 6.89. The number of nitrogens with zero attached hydrogens (tertiary/aromatic N) is 1. The molecule has 1 N–H and O–H groups in total. The topological polar surface area (TPSA) is 77.1 Å². The summed E-state index contributed by atoms with van der Waals surface area (Å²) >= 11 is 0. The Hall–Kier alpha value is -3.22. The number of benzene rings is 2. The molecule has 0 bridgehead atoms. The second kappa shape index (κ2) is 8.86. The summed E-state index contributed by atoms with van der Waals surface area (Å²) in [7, 11) is 4.47. The highest BCUT2D eigenvalue weighted by atomic mass is 16.5. The molecule has 0 aromatic heterocycles. The van der Waals surface area contributed by atoms with Crippen molar-refractivity contribution in [3.8, 4) is 17.2 Å². The van der Waals surface area contributed by atoms with Crippen LogP contribution in [0.3, 0.4) is 0 Å². The van der Waals surface area contributed by atoms with Gasteiger partial charge in [0.2, 0.25) is 11.7 Å². The van der Waals surface area contributed by atoms with Gasteiger partial charge in [-0.2, -0.15) is 0 Å². The summed E-state index contributed by atoms with van der Waals surface area (Å²) in [4.78, 5) is 27.4. The lowest BCUT2D eigenvalue weighted by atomic mass is 9.99. The van der Waals surface area contributed by atoms with Gasteiger partial charge < -0.3 is 24.4 Å². The number of fused-ring (bicyclic) bond motifs is 1. The van der Waals surface area contributed by atoms with Crippen molar-refractivity contribution in [1.82, 2.24) is 10.2 Å². The molecule has 1 atom stereocenters. The Morgan fingerprint density at radius 1 is 1.00 bits per heavy atom. The molecule has 154 valence electrons. The zero-order chi connectivity index (χ0) is 21.0. The number of hydrogen-bond donors (Lipinski definition) is 1. The van der Waals surface area contributed by atoms with Gasteiger partial charge in [0.05, 0.1) is 21.3 Å². The van der Waals surface area contributed by atoms with Gasteiger partial charge in [0.15, 0.2) is 11.5 Å². The number of nitrogens with one attached hydrogen (secondary N) is 1. The third kappa shape index (κ3) is 4.29. The van der Waals surface area contributed by atoms with Crippen LogP contribution in [0, 0.1) is 0 Å². The monoisotopic (exact) mass is 398 g/mol. The first-order valence-corrected chi connectivity index (χ1v) is 9.45. The molecule has 2 amide bonds. The molecule has 0 saturated heterocycles. The SMILES string of the molecule is COc1cc(C(=O)N[C@@H](C)C(=O)N2CCc3ccccc3C2)cc(OC)c1OC. The molecule has 2 aromatic rings. The molecule has 7 heteroatoms. The van der Waals surface area contributed by atoms with Crippen LogP contribution in [-0.4, -0.2) is 50.6 Å². The Labute approximate surface area is 170 Å². The highest BCUT2D eigenvalue weighted by Gasteiger charge is 2.26. The van der Waals surface area contributed by atoms with Gasteiger partial charge in [0.25, 0.3) is 5.91 Å². The molecule has 1 aliphatic heterocycles. The lowest BCUT2D eigenvalue weighted by molar-refractivity contribution is -0.133. The van der Waals surface area contributed by atoms with Crippen LogP contribution in [-0.2, 0) is 17.8 Å². The summed E-state index contributed by atoms with van der Waals surface area (Å²) < 4.78 is 15.9. The zero-order valence-corrected chi connectivity index (χ0v) is 17.2. The summed E-state index contributed by atoms with van der Waals surface area (Å²) in [6, 6.07) is 10.6. The van der Waals surface area contributed by atoms with Gasteiger partial charge in [-0.15, -0.1) is 0 Å². The third-order valence-electron chi connectivity index (χ3n) is 5.09. The summed E-state index contributed by atoms with van der Waals surface area (Å²) in [6.45, 7) is 2.89. The average Bonchev–Trinajstić information content (AvgIpc) is 2.76. The van der Waals surface area contributed by atoms with E-state index in [1.807, 2.05) is 18.2 Å². The molecule has 29 heavy (non-hydrogen) atoms. The standard InChI is InChI=1S/C22H26N2O5/c1-14(22(26)24-10-9-15-7-5-6-8-16(15)13-24)23-21(25)17-11-18(27-2)20(29-4)19(12-17)28-3/h5-8,11-12,14H,9-10,13H2,1-4H3,(H,23,25)/t14-/m0/s1. The van der Waals surface area contributed by atoms with E-state index in [1.165, 1.54) is 26.9 Å². The van der Waals surface area contributed by atoms with Gasteiger partial charge in [0, 0.05) is 18.7 Å². The number of methoxy groups -OCH3 is 3. The van der Waals surface area contributed by atoms with Crippen LogP contribution < -0.4 is 19.5 Å². The number of ether oxygens (including phenoxy) is 3. The van der Waals surface area contributed by atoms with E-state index in [1.54, 1.807) is 24.0 Å². The molecule has 0 saturated carbocycles. The van der Waals surface area contributed by atoms with Crippen LogP contribution >= 0.6 is 0 Å².